The van der Waals surface area contributed by atoms with Crippen molar-refractivity contribution in [1.82, 2.24) is 24.8 Å². The lowest BCUT2D eigenvalue weighted by Gasteiger charge is -2.12. The number of halogens is 1. The molecule has 2 N–H and O–H groups in total. The molecule has 0 saturated heterocycles. The number of carbonyl (C=O) groups excluding carboxylic acids is 1. The third-order valence-electron chi connectivity index (χ3n) is 5.91. The normalized spacial score (nSPS) is 10.8. The fourth-order valence-corrected chi connectivity index (χ4v) is 4.03. The van der Waals surface area contributed by atoms with Crippen LogP contribution in [-0.2, 0) is 13.5 Å². The molecule has 0 aliphatic heterocycles. The number of benzene rings is 2. The molecule has 192 valence electrons. The molecule has 0 radical (unpaired) electrons. The monoisotopic (exact) mass is 528 g/mol. The molecule has 0 spiro atoms. The van der Waals surface area contributed by atoms with Gasteiger partial charge in [0.25, 0.3) is 5.91 Å². The molecule has 0 saturated carbocycles. The first-order valence-electron chi connectivity index (χ1n) is 11.9. The number of hydrogen-bond donors (Lipinski definition) is 2. The smallest absolute Gasteiger partial charge is 0.270 e. The second-order valence-electron chi connectivity index (χ2n) is 8.46. The Balaban J connectivity index is 1.32. The van der Waals surface area contributed by atoms with Crippen LogP contribution in [0.5, 0.6) is 17.2 Å². The molecule has 0 aliphatic rings. The van der Waals surface area contributed by atoms with Gasteiger partial charge in [-0.1, -0.05) is 11.6 Å². The van der Waals surface area contributed by atoms with Crippen molar-refractivity contribution in [1.29, 1.82) is 0 Å². The highest BCUT2D eigenvalue weighted by molar-refractivity contribution is 6.30. The minimum absolute atomic E-state index is 0.254. The van der Waals surface area contributed by atoms with Crippen LogP contribution < -0.4 is 20.1 Å². The molecule has 0 aliphatic carbocycles. The quantitative estimate of drug-likeness (QED) is 0.259. The molecule has 5 rings (SSSR count). The standard InChI is InChI=1S/C28H25ClN6O3/c1-35-24-17-25(37-2)26(16-22(24)34-28(35)33-20-5-3-19(29)4-6-20)38-21-10-14-31-23(15-21)27(36)32-13-9-18-7-11-30-12-8-18/h3-8,10-12,14-17H,9,13H2,1-2H3,(H,32,36)(H,33,34). The minimum Gasteiger partial charge on any atom is -0.493 e. The first-order chi connectivity index (χ1) is 18.5. The van der Waals surface area contributed by atoms with Gasteiger partial charge in [0.1, 0.15) is 11.4 Å². The maximum absolute atomic E-state index is 12.7. The van der Waals surface area contributed by atoms with Crippen LogP contribution >= 0.6 is 11.6 Å². The van der Waals surface area contributed by atoms with Crippen LogP contribution in [0.3, 0.4) is 0 Å². The first-order valence-corrected chi connectivity index (χ1v) is 12.3. The summed E-state index contributed by atoms with van der Waals surface area (Å²) >= 11 is 6.00. The van der Waals surface area contributed by atoms with Crippen LogP contribution in [0.2, 0.25) is 5.02 Å². The Bertz CT molecular complexity index is 1570. The largest absolute Gasteiger partial charge is 0.493 e. The Morgan fingerprint density at radius 1 is 1.00 bits per heavy atom. The van der Waals surface area contributed by atoms with E-state index in [0.717, 1.165) is 16.8 Å². The van der Waals surface area contributed by atoms with Crippen molar-refractivity contribution >= 4 is 40.2 Å². The van der Waals surface area contributed by atoms with Crippen molar-refractivity contribution in [2.75, 3.05) is 19.0 Å². The van der Waals surface area contributed by atoms with E-state index in [1.54, 1.807) is 37.7 Å². The number of carbonyl (C=O) groups is 1. The van der Waals surface area contributed by atoms with Gasteiger partial charge < -0.3 is 24.7 Å². The molecular formula is C28H25ClN6O3. The summed E-state index contributed by atoms with van der Waals surface area (Å²) in [6.07, 6.45) is 5.69. The number of methoxy groups -OCH3 is 1. The lowest BCUT2D eigenvalue weighted by Crippen LogP contribution is -2.26. The van der Waals surface area contributed by atoms with Crippen LogP contribution in [0.25, 0.3) is 11.0 Å². The number of nitrogens with zero attached hydrogens (tertiary/aromatic N) is 4. The van der Waals surface area contributed by atoms with Gasteiger partial charge in [0.05, 0.1) is 18.1 Å². The van der Waals surface area contributed by atoms with Crippen LogP contribution in [0.1, 0.15) is 16.1 Å². The maximum atomic E-state index is 12.7. The van der Waals surface area contributed by atoms with Crippen LogP contribution in [0, 0.1) is 0 Å². The molecular weight excluding hydrogens is 504 g/mol. The van der Waals surface area contributed by atoms with Crippen LogP contribution in [-0.4, -0.2) is 39.1 Å². The second-order valence-corrected chi connectivity index (χ2v) is 8.89. The van der Waals surface area contributed by atoms with E-state index in [4.69, 9.17) is 26.1 Å². The minimum atomic E-state index is -0.283. The summed E-state index contributed by atoms with van der Waals surface area (Å²) in [6.45, 7) is 0.478. The molecule has 3 heterocycles. The topological polar surface area (TPSA) is 103 Å². The number of amides is 1. The Labute approximate surface area is 224 Å². The SMILES string of the molecule is COc1cc2c(cc1Oc1ccnc(C(=O)NCCc3ccncc3)c1)nc(Nc1ccc(Cl)cc1)n2C. The fourth-order valence-electron chi connectivity index (χ4n) is 3.90. The van der Waals surface area contributed by atoms with Crippen LogP contribution in [0.15, 0.2) is 79.3 Å². The van der Waals surface area contributed by atoms with Crippen molar-refractivity contribution in [3.8, 4) is 17.2 Å². The third kappa shape index (κ3) is 5.68. The van der Waals surface area contributed by atoms with Gasteiger partial charge in [-0.25, -0.2) is 4.98 Å². The van der Waals surface area contributed by atoms with Crippen molar-refractivity contribution in [3.05, 3.63) is 95.5 Å². The van der Waals surface area contributed by atoms with E-state index in [1.807, 2.05) is 54.1 Å². The van der Waals surface area contributed by atoms with E-state index >= 15 is 0 Å². The van der Waals surface area contributed by atoms with E-state index in [2.05, 4.69) is 20.6 Å². The predicted octanol–water partition coefficient (Wildman–Crippen LogP) is 5.53. The van der Waals surface area contributed by atoms with Crippen molar-refractivity contribution in [2.45, 2.75) is 6.42 Å². The van der Waals surface area contributed by atoms with Gasteiger partial charge in [-0.05, 0) is 54.4 Å². The van der Waals surface area contributed by atoms with Gasteiger partial charge >= 0.3 is 0 Å². The van der Waals surface area contributed by atoms with E-state index in [9.17, 15) is 4.79 Å². The molecule has 9 nitrogen and oxygen atoms in total. The molecule has 0 fully saturated rings. The molecule has 0 unspecified atom stereocenters. The Morgan fingerprint density at radius 2 is 1.79 bits per heavy atom. The zero-order valence-corrected chi connectivity index (χ0v) is 21.6. The van der Waals surface area contributed by atoms with Gasteiger partial charge in [-0.3, -0.25) is 14.8 Å². The van der Waals surface area contributed by atoms with Gasteiger partial charge in [0.2, 0.25) is 5.95 Å². The summed E-state index contributed by atoms with van der Waals surface area (Å²) in [5.41, 5.74) is 3.77. The van der Waals surface area contributed by atoms with Gasteiger partial charge in [0, 0.05) is 61.1 Å². The lowest BCUT2D eigenvalue weighted by molar-refractivity contribution is 0.0949. The highest BCUT2D eigenvalue weighted by Gasteiger charge is 2.16. The molecule has 1 amide bonds. The van der Waals surface area contributed by atoms with Gasteiger partial charge in [0.15, 0.2) is 11.5 Å². The Kier molecular flexibility index (Phi) is 7.37. The number of anilines is 2. The average molecular weight is 529 g/mol. The summed E-state index contributed by atoms with van der Waals surface area (Å²) in [5.74, 6) is 1.81. The molecule has 38 heavy (non-hydrogen) atoms. The average Bonchev–Trinajstić information content (AvgIpc) is 3.23. The fraction of sp³-hybridized carbons (Fsp3) is 0.143. The zero-order chi connectivity index (χ0) is 26.5. The number of fused-ring (bicyclic) bond motifs is 1. The maximum Gasteiger partial charge on any atom is 0.270 e. The van der Waals surface area contributed by atoms with E-state index in [0.29, 0.717) is 46.7 Å². The number of rotatable bonds is 9. The van der Waals surface area contributed by atoms with Crippen LogP contribution in [0.4, 0.5) is 11.6 Å². The predicted molar refractivity (Wildman–Crippen MR) is 147 cm³/mol. The number of imidazole rings is 1. The number of aryl methyl sites for hydroxylation is 1. The van der Waals surface area contributed by atoms with Crippen molar-refractivity contribution < 1.29 is 14.3 Å². The zero-order valence-electron chi connectivity index (χ0n) is 20.8. The summed E-state index contributed by atoms with van der Waals surface area (Å²) < 4.78 is 13.6. The highest BCUT2D eigenvalue weighted by Crippen LogP contribution is 2.36. The Morgan fingerprint density at radius 3 is 2.55 bits per heavy atom. The molecule has 2 aromatic carbocycles. The molecule has 0 atom stereocenters. The summed E-state index contributed by atoms with van der Waals surface area (Å²) in [7, 11) is 3.49. The van der Waals surface area contributed by atoms with Gasteiger partial charge in [-0.15, -0.1) is 0 Å². The number of ether oxygens (including phenoxy) is 2. The highest BCUT2D eigenvalue weighted by atomic mass is 35.5. The molecule has 5 aromatic rings. The van der Waals surface area contributed by atoms with Crippen molar-refractivity contribution in [2.24, 2.45) is 7.05 Å². The number of nitrogens with one attached hydrogen (secondary N) is 2. The number of pyridine rings is 2. The van der Waals surface area contributed by atoms with Crippen molar-refractivity contribution in [3.63, 3.8) is 0 Å². The lowest BCUT2D eigenvalue weighted by atomic mass is 10.2. The van der Waals surface area contributed by atoms with E-state index in [-0.39, 0.29) is 11.6 Å². The Hall–Kier alpha value is -4.63. The molecule has 0 bridgehead atoms. The van der Waals surface area contributed by atoms with Gasteiger partial charge in [-0.2, -0.15) is 0 Å². The molecule has 3 aromatic heterocycles. The van der Waals surface area contributed by atoms with E-state index < -0.39 is 0 Å². The third-order valence-corrected chi connectivity index (χ3v) is 6.16. The summed E-state index contributed by atoms with van der Waals surface area (Å²) in [5, 5.41) is 6.85. The number of hydrogen-bond acceptors (Lipinski definition) is 7. The second kappa shape index (κ2) is 11.2. The molecule has 10 heteroatoms. The number of aromatic nitrogens is 4. The summed E-state index contributed by atoms with van der Waals surface area (Å²) in [6, 6.07) is 18.2. The summed E-state index contributed by atoms with van der Waals surface area (Å²) in [4.78, 5) is 25.6. The first kappa shape index (κ1) is 25.0. The van der Waals surface area contributed by atoms with E-state index in [1.165, 1.54) is 6.20 Å².